The van der Waals surface area contributed by atoms with E-state index < -0.39 is 0 Å². The Labute approximate surface area is 108 Å². The Balaban J connectivity index is 2.39. The fraction of sp³-hybridized carbons (Fsp3) is 0.538. The van der Waals surface area contributed by atoms with Crippen molar-refractivity contribution in [3.8, 4) is 0 Å². The first-order valence-corrected chi connectivity index (χ1v) is 6.34. The predicted octanol–water partition coefficient (Wildman–Crippen LogP) is 2.52. The van der Waals surface area contributed by atoms with E-state index in [4.69, 9.17) is 22.4 Å². The molecule has 0 heterocycles. The van der Waals surface area contributed by atoms with Crippen LogP contribution in [-0.4, -0.2) is 30.2 Å². The Kier molecular flexibility index (Phi) is 6.34. The maximum absolute atomic E-state index is 8.69. The molecule has 3 N–H and O–H groups in total. The minimum Gasteiger partial charge on any atom is -0.399 e. The van der Waals surface area contributed by atoms with Crippen LogP contribution in [0.15, 0.2) is 18.2 Å². The Morgan fingerprint density at radius 2 is 2.06 bits per heavy atom. The van der Waals surface area contributed by atoms with Crippen LogP contribution in [0.25, 0.3) is 0 Å². The molecule has 0 aliphatic rings. The van der Waals surface area contributed by atoms with Gasteiger partial charge in [-0.1, -0.05) is 11.6 Å². The van der Waals surface area contributed by atoms with E-state index in [1.54, 1.807) is 0 Å². The molecule has 1 aromatic rings. The highest BCUT2D eigenvalue weighted by Crippen LogP contribution is 2.20. The summed E-state index contributed by atoms with van der Waals surface area (Å²) in [5, 5.41) is 9.45. The van der Waals surface area contributed by atoms with Crippen molar-refractivity contribution in [1.82, 2.24) is 4.90 Å². The van der Waals surface area contributed by atoms with Crippen molar-refractivity contribution in [3.05, 3.63) is 28.8 Å². The molecule has 0 atom stereocenters. The normalized spacial score (nSPS) is 11.1. The third-order valence-electron chi connectivity index (χ3n) is 2.71. The maximum atomic E-state index is 8.69. The van der Waals surface area contributed by atoms with Gasteiger partial charge in [-0.05, 0) is 56.6 Å². The van der Waals surface area contributed by atoms with Crippen LogP contribution in [0.4, 0.5) is 5.69 Å². The zero-order chi connectivity index (χ0) is 12.7. The molecule has 17 heavy (non-hydrogen) atoms. The summed E-state index contributed by atoms with van der Waals surface area (Å²) in [6.45, 7) is 2.10. The number of benzene rings is 1. The van der Waals surface area contributed by atoms with Crippen LogP contribution in [0.1, 0.15) is 24.8 Å². The fourth-order valence-electron chi connectivity index (χ4n) is 1.76. The number of nitrogens with two attached hydrogens (primary N) is 1. The topological polar surface area (TPSA) is 49.5 Å². The second-order valence-electron chi connectivity index (χ2n) is 4.37. The maximum Gasteiger partial charge on any atom is 0.0452 e. The molecule has 0 unspecified atom stereocenters. The third kappa shape index (κ3) is 5.39. The van der Waals surface area contributed by atoms with Crippen LogP contribution in [0.3, 0.4) is 0 Å². The summed E-state index contributed by atoms with van der Waals surface area (Å²) in [6.07, 6.45) is 3.04. The van der Waals surface area contributed by atoms with E-state index in [2.05, 4.69) is 11.9 Å². The van der Waals surface area contributed by atoms with Crippen LogP contribution in [-0.2, 0) is 6.54 Å². The van der Waals surface area contributed by atoms with E-state index >= 15 is 0 Å². The van der Waals surface area contributed by atoms with Gasteiger partial charge in [-0.25, -0.2) is 0 Å². The Bertz CT molecular complexity index is 344. The van der Waals surface area contributed by atoms with Crippen LogP contribution < -0.4 is 5.73 Å². The summed E-state index contributed by atoms with van der Waals surface area (Å²) in [4.78, 5) is 2.22. The van der Waals surface area contributed by atoms with Gasteiger partial charge in [-0.2, -0.15) is 0 Å². The van der Waals surface area contributed by atoms with E-state index in [-0.39, 0.29) is 6.61 Å². The molecule has 1 aromatic carbocycles. The molecule has 0 aliphatic heterocycles. The van der Waals surface area contributed by atoms with Gasteiger partial charge in [-0.3, -0.25) is 0 Å². The smallest absolute Gasteiger partial charge is 0.0452 e. The number of hydrogen-bond acceptors (Lipinski definition) is 3. The van der Waals surface area contributed by atoms with Gasteiger partial charge in [-0.15, -0.1) is 0 Å². The molecule has 3 nitrogen and oxygen atoms in total. The first-order chi connectivity index (χ1) is 8.13. The SMILES string of the molecule is CN(CCCCCO)Cc1cc(N)ccc1Cl. The number of nitrogen functional groups attached to an aromatic ring is 1. The van der Waals surface area contributed by atoms with Crippen molar-refractivity contribution < 1.29 is 5.11 Å². The van der Waals surface area contributed by atoms with Gasteiger partial charge in [0.15, 0.2) is 0 Å². The number of halogens is 1. The summed E-state index contributed by atoms with van der Waals surface area (Å²) in [5.41, 5.74) is 7.55. The Morgan fingerprint density at radius 3 is 2.76 bits per heavy atom. The van der Waals surface area contributed by atoms with Crippen LogP contribution in [0.2, 0.25) is 5.02 Å². The highest BCUT2D eigenvalue weighted by molar-refractivity contribution is 6.31. The van der Waals surface area contributed by atoms with Crippen LogP contribution in [0.5, 0.6) is 0 Å². The number of aliphatic hydroxyl groups excluding tert-OH is 1. The Hall–Kier alpha value is -0.770. The largest absolute Gasteiger partial charge is 0.399 e. The molecule has 0 aromatic heterocycles. The number of aliphatic hydroxyl groups is 1. The van der Waals surface area contributed by atoms with Crippen molar-refractivity contribution in [2.75, 3.05) is 25.9 Å². The molecular formula is C13H21ClN2O. The lowest BCUT2D eigenvalue weighted by Crippen LogP contribution is -2.19. The van der Waals surface area contributed by atoms with Crippen LogP contribution >= 0.6 is 11.6 Å². The zero-order valence-electron chi connectivity index (χ0n) is 10.3. The number of unbranched alkanes of at least 4 members (excludes halogenated alkanes) is 2. The third-order valence-corrected chi connectivity index (χ3v) is 3.08. The van der Waals surface area contributed by atoms with Gasteiger partial charge in [0, 0.05) is 23.9 Å². The van der Waals surface area contributed by atoms with Gasteiger partial charge in [0.25, 0.3) is 0 Å². The summed E-state index contributed by atoms with van der Waals surface area (Å²) in [6, 6.07) is 5.57. The average molecular weight is 257 g/mol. The highest BCUT2D eigenvalue weighted by Gasteiger charge is 2.04. The van der Waals surface area contributed by atoms with E-state index in [9.17, 15) is 0 Å². The standard InChI is InChI=1S/C13H21ClN2O/c1-16(7-3-2-4-8-17)10-11-9-12(15)5-6-13(11)14/h5-6,9,17H,2-4,7-8,10,15H2,1H3. The van der Waals surface area contributed by atoms with E-state index in [1.807, 2.05) is 18.2 Å². The quantitative estimate of drug-likeness (QED) is 0.582. The molecule has 96 valence electrons. The van der Waals surface area contributed by atoms with E-state index in [0.717, 1.165) is 48.6 Å². The lowest BCUT2D eigenvalue weighted by atomic mass is 10.2. The van der Waals surface area contributed by atoms with Crippen molar-refractivity contribution >= 4 is 17.3 Å². The molecule has 0 bridgehead atoms. The number of anilines is 1. The molecule has 0 amide bonds. The predicted molar refractivity (Wildman–Crippen MR) is 73.1 cm³/mol. The summed E-state index contributed by atoms with van der Waals surface area (Å²) in [7, 11) is 2.07. The molecule has 1 rings (SSSR count). The van der Waals surface area contributed by atoms with Gasteiger partial charge < -0.3 is 15.7 Å². The summed E-state index contributed by atoms with van der Waals surface area (Å²) >= 11 is 6.11. The Morgan fingerprint density at radius 1 is 1.29 bits per heavy atom. The molecule has 0 spiro atoms. The van der Waals surface area contributed by atoms with Gasteiger partial charge >= 0.3 is 0 Å². The van der Waals surface area contributed by atoms with Crippen molar-refractivity contribution in [2.24, 2.45) is 0 Å². The molecular weight excluding hydrogens is 236 g/mol. The lowest BCUT2D eigenvalue weighted by molar-refractivity contribution is 0.271. The van der Waals surface area contributed by atoms with Gasteiger partial charge in [0.1, 0.15) is 0 Å². The average Bonchev–Trinajstić information content (AvgIpc) is 2.29. The summed E-state index contributed by atoms with van der Waals surface area (Å²) < 4.78 is 0. The number of rotatable bonds is 7. The zero-order valence-corrected chi connectivity index (χ0v) is 11.1. The minimum absolute atomic E-state index is 0.283. The molecule has 0 aliphatic carbocycles. The highest BCUT2D eigenvalue weighted by atomic mass is 35.5. The molecule has 0 saturated carbocycles. The minimum atomic E-state index is 0.283. The van der Waals surface area contributed by atoms with Crippen molar-refractivity contribution in [1.29, 1.82) is 0 Å². The molecule has 0 fully saturated rings. The second kappa shape index (κ2) is 7.54. The molecule has 4 heteroatoms. The monoisotopic (exact) mass is 256 g/mol. The number of nitrogens with zero attached hydrogens (tertiary/aromatic N) is 1. The van der Waals surface area contributed by atoms with Gasteiger partial charge in [0.2, 0.25) is 0 Å². The molecule has 0 saturated heterocycles. The van der Waals surface area contributed by atoms with Crippen molar-refractivity contribution in [3.63, 3.8) is 0 Å². The fourth-order valence-corrected chi connectivity index (χ4v) is 1.93. The van der Waals surface area contributed by atoms with Crippen molar-refractivity contribution in [2.45, 2.75) is 25.8 Å². The summed E-state index contributed by atoms with van der Waals surface area (Å²) in [5.74, 6) is 0. The van der Waals surface area contributed by atoms with E-state index in [0.29, 0.717) is 0 Å². The lowest BCUT2D eigenvalue weighted by Gasteiger charge is -2.17. The second-order valence-corrected chi connectivity index (χ2v) is 4.78. The van der Waals surface area contributed by atoms with E-state index in [1.165, 1.54) is 0 Å². The molecule has 0 radical (unpaired) electrons. The van der Waals surface area contributed by atoms with Crippen LogP contribution in [0, 0.1) is 0 Å². The first kappa shape index (κ1) is 14.3. The first-order valence-electron chi connectivity index (χ1n) is 5.97. The van der Waals surface area contributed by atoms with Gasteiger partial charge in [0.05, 0.1) is 0 Å². The number of hydrogen-bond donors (Lipinski definition) is 2.